The molecule has 0 unspecified atom stereocenters. The molecule has 0 aliphatic heterocycles. The number of nitrogens with zero attached hydrogens (tertiary/aromatic N) is 1. The Morgan fingerprint density at radius 1 is 1.22 bits per heavy atom. The van der Waals surface area contributed by atoms with Crippen LogP contribution in [0.2, 0.25) is 0 Å². The second kappa shape index (κ2) is 5.19. The summed E-state index contributed by atoms with van der Waals surface area (Å²) >= 11 is 0. The molecule has 0 aromatic heterocycles. The van der Waals surface area contributed by atoms with E-state index in [9.17, 15) is 4.39 Å². The lowest BCUT2D eigenvalue weighted by Crippen LogP contribution is -2.00. The van der Waals surface area contributed by atoms with E-state index in [4.69, 9.17) is 15.7 Å². The molecular formula is C14H11FN2O. The van der Waals surface area contributed by atoms with Gasteiger partial charge in [0.05, 0.1) is 11.6 Å². The van der Waals surface area contributed by atoms with Crippen molar-refractivity contribution in [2.75, 3.05) is 5.73 Å². The Morgan fingerprint density at radius 3 is 2.78 bits per heavy atom. The van der Waals surface area contributed by atoms with Crippen LogP contribution in [0.3, 0.4) is 0 Å². The monoisotopic (exact) mass is 242 g/mol. The molecule has 0 spiro atoms. The Hall–Kier alpha value is -2.54. The molecule has 0 amide bonds. The average molecular weight is 242 g/mol. The molecule has 0 saturated carbocycles. The molecule has 0 bridgehead atoms. The van der Waals surface area contributed by atoms with Gasteiger partial charge in [0, 0.05) is 11.3 Å². The summed E-state index contributed by atoms with van der Waals surface area (Å²) in [4.78, 5) is 0. The smallest absolute Gasteiger partial charge is 0.125 e. The van der Waals surface area contributed by atoms with Crippen LogP contribution in [0.25, 0.3) is 0 Å². The predicted octanol–water partition coefficient (Wildman–Crippen LogP) is 2.86. The standard InChI is InChI=1S/C14H11FN2O/c15-12-5-4-11(14(17)7-12)9-18-13-3-1-2-10(6-13)8-16/h1-7H,9,17H2. The number of nitrogen functional groups attached to an aromatic ring is 1. The van der Waals surface area contributed by atoms with Crippen LogP contribution in [-0.2, 0) is 6.61 Å². The van der Waals surface area contributed by atoms with Gasteiger partial charge in [-0.05, 0) is 30.3 Å². The molecule has 18 heavy (non-hydrogen) atoms. The molecule has 0 fully saturated rings. The number of rotatable bonds is 3. The van der Waals surface area contributed by atoms with Gasteiger partial charge in [-0.2, -0.15) is 5.26 Å². The number of ether oxygens (including phenoxy) is 1. The predicted molar refractivity (Wildman–Crippen MR) is 66.3 cm³/mol. The first kappa shape index (κ1) is 11.9. The number of hydrogen-bond donors (Lipinski definition) is 1. The Bertz CT molecular complexity index is 605. The maximum atomic E-state index is 12.9. The number of nitrogens with two attached hydrogens (primary N) is 1. The minimum atomic E-state index is -0.372. The van der Waals surface area contributed by atoms with E-state index in [1.54, 1.807) is 30.3 Å². The quantitative estimate of drug-likeness (QED) is 0.842. The summed E-state index contributed by atoms with van der Waals surface area (Å²) < 4.78 is 18.4. The van der Waals surface area contributed by atoms with E-state index in [0.717, 1.165) is 0 Å². The van der Waals surface area contributed by atoms with Crippen molar-refractivity contribution < 1.29 is 9.13 Å². The van der Waals surface area contributed by atoms with Gasteiger partial charge in [-0.25, -0.2) is 4.39 Å². The number of benzene rings is 2. The highest BCUT2D eigenvalue weighted by atomic mass is 19.1. The molecule has 90 valence electrons. The zero-order chi connectivity index (χ0) is 13.0. The molecule has 0 aliphatic carbocycles. The molecule has 2 aromatic carbocycles. The normalized spacial score (nSPS) is 9.78. The van der Waals surface area contributed by atoms with Gasteiger partial charge in [0.15, 0.2) is 0 Å². The molecule has 0 radical (unpaired) electrons. The zero-order valence-electron chi connectivity index (χ0n) is 9.56. The largest absolute Gasteiger partial charge is 0.489 e. The fourth-order valence-corrected chi connectivity index (χ4v) is 1.51. The summed E-state index contributed by atoms with van der Waals surface area (Å²) in [5, 5.41) is 8.75. The van der Waals surface area contributed by atoms with Crippen LogP contribution in [0.15, 0.2) is 42.5 Å². The van der Waals surface area contributed by atoms with E-state index in [1.807, 2.05) is 6.07 Å². The zero-order valence-corrected chi connectivity index (χ0v) is 9.56. The van der Waals surface area contributed by atoms with Gasteiger partial charge in [0.25, 0.3) is 0 Å². The summed E-state index contributed by atoms with van der Waals surface area (Å²) in [7, 11) is 0. The van der Waals surface area contributed by atoms with Crippen molar-refractivity contribution in [3.05, 3.63) is 59.4 Å². The van der Waals surface area contributed by atoms with Crippen molar-refractivity contribution in [2.45, 2.75) is 6.61 Å². The Balaban J connectivity index is 2.09. The molecule has 2 aromatic rings. The second-order valence-corrected chi connectivity index (χ2v) is 3.77. The Morgan fingerprint density at radius 2 is 2.06 bits per heavy atom. The summed E-state index contributed by atoms with van der Waals surface area (Å²) in [6, 6.07) is 13.0. The minimum absolute atomic E-state index is 0.237. The molecule has 0 atom stereocenters. The van der Waals surface area contributed by atoms with Crippen molar-refractivity contribution in [2.24, 2.45) is 0 Å². The molecule has 2 rings (SSSR count). The minimum Gasteiger partial charge on any atom is -0.489 e. The van der Waals surface area contributed by atoms with Crippen LogP contribution >= 0.6 is 0 Å². The van der Waals surface area contributed by atoms with Gasteiger partial charge in [-0.15, -0.1) is 0 Å². The van der Waals surface area contributed by atoms with Crippen LogP contribution in [0.1, 0.15) is 11.1 Å². The van der Waals surface area contributed by atoms with E-state index in [-0.39, 0.29) is 12.4 Å². The highest BCUT2D eigenvalue weighted by molar-refractivity contribution is 5.46. The molecule has 3 nitrogen and oxygen atoms in total. The summed E-state index contributed by atoms with van der Waals surface area (Å²) in [6.45, 7) is 0.237. The summed E-state index contributed by atoms with van der Waals surface area (Å²) in [6.07, 6.45) is 0. The van der Waals surface area contributed by atoms with Gasteiger partial charge >= 0.3 is 0 Å². The van der Waals surface area contributed by atoms with Gasteiger partial charge in [-0.1, -0.05) is 12.1 Å². The number of anilines is 1. The highest BCUT2D eigenvalue weighted by Gasteiger charge is 2.02. The van der Waals surface area contributed by atoms with E-state index in [2.05, 4.69) is 0 Å². The fourth-order valence-electron chi connectivity index (χ4n) is 1.51. The van der Waals surface area contributed by atoms with Gasteiger partial charge in [0.2, 0.25) is 0 Å². The Labute approximate surface area is 104 Å². The van der Waals surface area contributed by atoms with Crippen molar-refractivity contribution in [3.63, 3.8) is 0 Å². The molecule has 0 saturated heterocycles. The van der Waals surface area contributed by atoms with Crippen molar-refractivity contribution >= 4 is 5.69 Å². The van der Waals surface area contributed by atoms with E-state index in [1.165, 1.54) is 12.1 Å². The second-order valence-electron chi connectivity index (χ2n) is 3.77. The van der Waals surface area contributed by atoms with Crippen molar-refractivity contribution in [3.8, 4) is 11.8 Å². The van der Waals surface area contributed by atoms with Crippen molar-refractivity contribution in [1.29, 1.82) is 5.26 Å². The maximum absolute atomic E-state index is 12.9. The first-order valence-electron chi connectivity index (χ1n) is 5.36. The molecule has 4 heteroatoms. The van der Waals surface area contributed by atoms with Crippen LogP contribution in [0.5, 0.6) is 5.75 Å². The van der Waals surface area contributed by atoms with Crippen LogP contribution in [-0.4, -0.2) is 0 Å². The highest BCUT2D eigenvalue weighted by Crippen LogP contribution is 2.18. The average Bonchev–Trinajstić information content (AvgIpc) is 2.38. The third-order valence-corrected chi connectivity index (χ3v) is 2.47. The summed E-state index contributed by atoms with van der Waals surface area (Å²) in [5.74, 6) is 0.209. The maximum Gasteiger partial charge on any atom is 0.125 e. The van der Waals surface area contributed by atoms with Gasteiger partial charge in [0.1, 0.15) is 18.2 Å². The lowest BCUT2D eigenvalue weighted by atomic mass is 10.2. The Kier molecular flexibility index (Phi) is 3.44. The first-order chi connectivity index (χ1) is 8.69. The van der Waals surface area contributed by atoms with Gasteiger partial charge < -0.3 is 10.5 Å². The van der Waals surface area contributed by atoms with Crippen LogP contribution < -0.4 is 10.5 Å². The molecule has 2 N–H and O–H groups in total. The van der Waals surface area contributed by atoms with E-state index >= 15 is 0 Å². The third kappa shape index (κ3) is 2.77. The van der Waals surface area contributed by atoms with Gasteiger partial charge in [-0.3, -0.25) is 0 Å². The third-order valence-electron chi connectivity index (χ3n) is 2.47. The number of halogens is 1. The van der Waals surface area contributed by atoms with E-state index in [0.29, 0.717) is 22.6 Å². The summed E-state index contributed by atoms with van der Waals surface area (Å²) in [5.41, 5.74) is 7.26. The topological polar surface area (TPSA) is 59.0 Å². The van der Waals surface area contributed by atoms with Crippen LogP contribution in [0, 0.1) is 17.1 Å². The number of nitriles is 1. The number of hydrogen-bond acceptors (Lipinski definition) is 3. The fraction of sp³-hybridized carbons (Fsp3) is 0.0714. The lowest BCUT2D eigenvalue weighted by molar-refractivity contribution is 0.306. The first-order valence-corrected chi connectivity index (χ1v) is 5.36. The molecule has 0 heterocycles. The van der Waals surface area contributed by atoms with E-state index < -0.39 is 0 Å². The van der Waals surface area contributed by atoms with Crippen molar-refractivity contribution in [1.82, 2.24) is 0 Å². The molecule has 0 aliphatic rings. The SMILES string of the molecule is N#Cc1cccc(OCc2ccc(F)cc2N)c1. The lowest BCUT2D eigenvalue weighted by Gasteiger charge is -2.08. The van der Waals surface area contributed by atoms with Crippen LogP contribution in [0.4, 0.5) is 10.1 Å². The molecular weight excluding hydrogens is 231 g/mol.